The number of fused-ring (bicyclic) bond motifs is 1. The fraction of sp³-hybridized carbons (Fsp3) is 0.300. The van der Waals surface area contributed by atoms with Crippen LogP contribution in [0.4, 0.5) is 0 Å². The van der Waals surface area contributed by atoms with Gasteiger partial charge in [0.05, 0.1) is 31.3 Å². The number of carbonyl (C=O) groups excluding carboxylic acids is 1. The lowest BCUT2D eigenvalue weighted by molar-refractivity contribution is -0.122. The number of aromatic nitrogens is 2. The SMILES string of the molecule is COc1ccc(OC)c([C@@H](C)NC(=O)Cn2c(C)nc3ccccc32)c1. The topological polar surface area (TPSA) is 65.4 Å². The van der Waals surface area contributed by atoms with Gasteiger partial charge in [-0.2, -0.15) is 0 Å². The van der Waals surface area contributed by atoms with E-state index in [9.17, 15) is 4.79 Å². The van der Waals surface area contributed by atoms with Gasteiger partial charge < -0.3 is 19.4 Å². The zero-order chi connectivity index (χ0) is 18.7. The van der Waals surface area contributed by atoms with E-state index in [1.807, 2.05) is 60.9 Å². The summed E-state index contributed by atoms with van der Waals surface area (Å²) in [7, 11) is 3.22. The number of carbonyl (C=O) groups is 1. The summed E-state index contributed by atoms with van der Waals surface area (Å²) < 4.78 is 12.6. The molecule has 1 atom stereocenters. The van der Waals surface area contributed by atoms with Crippen molar-refractivity contribution < 1.29 is 14.3 Å². The second-order valence-corrected chi connectivity index (χ2v) is 6.13. The van der Waals surface area contributed by atoms with Crippen LogP contribution in [0, 0.1) is 6.92 Å². The van der Waals surface area contributed by atoms with Crippen LogP contribution in [0.2, 0.25) is 0 Å². The van der Waals surface area contributed by atoms with E-state index in [4.69, 9.17) is 9.47 Å². The molecule has 0 saturated carbocycles. The van der Waals surface area contributed by atoms with Gasteiger partial charge in [0.15, 0.2) is 0 Å². The third kappa shape index (κ3) is 3.49. The maximum absolute atomic E-state index is 12.6. The lowest BCUT2D eigenvalue weighted by Gasteiger charge is -2.18. The number of nitrogens with zero attached hydrogens (tertiary/aromatic N) is 2. The first-order valence-electron chi connectivity index (χ1n) is 8.46. The van der Waals surface area contributed by atoms with Crippen molar-refractivity contribution in [2.45, 2.75) is 26.4 Å². The maximum atomic E-state index is 12.6. The van der Waals surface area contributed by atoms with Crippen LogP contribution in [0.3, 0.4) is 0 Å². The molecule has 6 heteroatoms. The average Bonchev–Trinajstić information content (AvgIpc) is 2.96. The molecule has 0 saturated heterocycles. The van der Waals surface area contributed by atoms with Crippen molar-refractivity contribution in [1.29, 1.82) is 0 Å². The number of rotatable bonds is 6. The van der Waals surface area contributed by atoms with Gasteiger partial charge in [-0.3, -0.25) is 4.79 Å². The highest BCUT2D eigenvalue weighted by atomic mass is 16.5. The van der Waals surface area contributed by atoms with Gasteiger partial charge in [0.1, 0.15) is 23.9 Å². The number of hydrogen-bond donors (Lipinski definition) is 1. The molecule has 1 amide bonds. The number of aryl methyl sites for hydroxylation is 1. The Kier molecular flexibility index (Phi) is 5.11. The Morgan fingerprint density at radius 1 is 1.19 bits per heavy atom. The van der Waals surface area contributed by atoms with Gasteiger partial charge in [-0.25, -0.2) is 4.98 Å². The second-order valence-electron chi connectivity index (χ2n) is 6.13. The minimum atomic E-state index is -0.220. The maximum Gasteiger partial charge on any atom is 0.240 e. The van der Waals surface area contributed by atoms with Crippen LogP contribution in [-0.2, 0) is 11.3 Å². The summed E-state index contributed by atoms with van der Waals surface area (Å²) in [5.41, 5.74) is 2.71. The molecule has 26 heavy (non-hydrogen) atoms. The highest BCUT2D eigenvalue weighted by Gasteiger charge is 2.17. The Morgan fingerprint density at radius 3 is 2.69 bits per heavy atom. The van der Waals surface area contributed by atoms with E-state index in [0.29, 0.717) is 5.75 Å². The molecule has 0 aliphatic carbocycles. The molecular formula is C20H23N3O3. The molecule has 0 aliphatic heterocycles. The van der Waals surface area contributed by atoms with Gasteiger partial charge in [-0.05, 0) is 44.2 Å². The van der Waals surface area contributed by atoms with E-state index < -0.39 is 0 Å². The largest absolute Gasteiger partial charge is 0.497 e. The quantitative estimate of drug-likeness (QED) is 0.739. The molecule has 2 aromatic carbocycles. The molecule has 0 bridgehead atoms. The molecule has 3 aromatic rings. The monoisotopic (exact) mass is 353 g/mol. The summed E-state index contributed by atoms with van der Waals surface area (Å²) >= 11 is 0. The Labute approximate surface area is 152 Å². The summed E-state index contributed by atoms with van der Waals surface area (Å²) in [5.74, 6) is 2.16. The van der Waals surface area contributed by atoms with Crippen molar-refractivity contribution in [1.82, 2.24) is 14.9 Å². The zero-order valence-electron chi connectivity index (χ0n) is 15.4. The molecule has 1 N–H and O–H groups in total. The van der Waals surface area contributed by atoms with E-state index in [1.165, 1.54) is 0 Å². The number of benzene rings is 2. The van der Waals surface area contributed by atoms with Crippen LogP contribution in [0.15, 0.2) is 42.5 Å². The first-order valence-corrected chi connectivity index (χ1v) is 8.46. The molecule has 3 rings (SSSR count). The molecule has 0 aliphatic rings. The molecule has 1 heterocycles. The van der Waals surface area contributed by atoms with Gasteiger partial charge in [0.2, 0.25) is 5.91 Å². The first kappa shape index (κ1) is 17.8. The Bertz CT molecular complexity index is 933. The number of ether oxygens (including phenoxy) is 2. The number of hydrogen-bond acceptors (Lipinski definition) is 4. The van der Waals surface area contributed by atoms with Crippen LogP contribution in [0.5, 0.6) is 11.5 Å². The van der Waals surface area contributed by atoms with Crippen LogP contribution >= 0.6 is 0 Å². The number of amides is 1. The number of nitrogens with one attached hydrogen (secondary N) is 1. The number of para-hydroxylation sites is 2. The van der Waals surface area contributed by atoms with Gasteiger partial charge in [-0.1, -0.05) is 12.1 Å². The van der Waals surface area contributed by atoms with E-state index in [0.717, 1.165) is 28.2 Å². The molecule has 0 radical (unpaired) electrons. The van der Waals surface area contributed by atoms with Crippen molar-refractivity contribution in [2.24, 2.45) is 0 Å². The lowest BCUT2D eigenvalue weighted by atomic mass is 10.1. The van der Waals surface area contributed by atoms with E-state index in [-0.39, 0.29) is 18.5 Å². The Balaban J connectivity index is 1.78. The van der Waals surface area contributed by atoms with Crippen LogP contribution < -0.4 is 14.8 Å². The predicted octanol–water partition coefficient (Wildman–Crippen LogP) is 3.24. The predicted molar refractivity (Wildman–Crippen MR) is 101 cm³/mol. The summed E-state index contributed by atoms with van der Waals surface area (Å²) in [6.45, 7) is 4.04. The molecule has 1 aromatic heterocycles. The average molecular weight is 353 g/mol. The van der Waals surface area contributed by atoms with Crippen molar-refractivity contribution >= 4 is 16.9 Å². The third-order valence-electron chi connectivity index (χ3n) is 4.43. The van der Waals surface area contributed by atoms with Crippen molar-refractivity contribution in [3.8, 4) is 11.5 Å². The van der Waals surface area contributed by atoms with E-state index in [2.05, 4.69) is 10.3 Å². The minimum absolute atomic E-state index is 0.0892. The highest BCUT2D eigenvalue weighted by Crippen LogP contribution is 2.29. The van der Waals surface area contributed by atoms with Crippen LogP contribution in [0.1, 0.15) is 24.4 Å². The summed E-state index contributed by atoms with van der Waals surface area (Å²) in [6.07, 6.45) is 0. The van der Waals surface area contributed by atoms with Crippen LogP contribution in [-0.4, -0.2) is 29.7 Å². The fourth-order valence-corrected chi connectivity index (χ4v) is 3.08. The Morgan fingerprint density at radius 2 is 1.96 bits per heavy atom. The smallest absolute Gasteiger partial charge is 0.240 e. The normalized spacial score (nSPS) is 12.0. The summed E-state index contributed by atoms with van der Waals surface area (Å²) in [5, 5.41) is 3.03. The van der Waals surface area contributed by atoms with Crippen molar-refractivity contribution in [3.05, 3.63) is 53.9 Å². The van der Waals surface area contributed by atoms with Crippen molar-refractivity contribution in [3.63, 3.8) is 0 Å². The highest BCUT2D eigenvalue weighted by molar-refractivity contribution is 5.81. The number of imidazole rings is 1. The van der Waals surface area contributed by atoms with Gasteiger partial charge in [0.25, 0.3) is 0 Å². The summed E-state index contributed by atoms with van der Waals surface area (Å²) in [6, 6.07) is 13.1. The lowest BCUT2D eigenvalue weighted by Crippen LogP contribution is -2.30. The third-order valence-corrected chi connectivity index (χ3v) is 4.43. The second kappa shape index (κ2) is 7.47. The number of methoxy groups -OCH3 is 2. The Hall–Kier alpha value is -3.02. The standard InChI is InChI=1S/C20H23N3O3/c1-13(16-11-15(25-3)9-10-19(16)26-4)21-20(24)12-23-14(2)22-17-7-5-6-8-18(17)23/h5-11,13H,12H2,1-4H3,(H,21,24)/t13-/m1/s1. The van der Waals surface area contributed by atoms with Gasteiger partial charge in [0, 0.05) is 5.56 Å². The molecular weight excluding hydrogens is 330 g/mol. The molecule has 0 unspecified atom stereocenters. The fourth-order valence-electron chi connectivity index (χ4n) is 3.08. The van der Waals surface area contributed by atoms with Crippen molar-refractivity contribution in [2.75, 3.05) is 14.2 Å². The van der Waals surface area contributed by atoms with Crippen LogP contribution in [0.25, 0.3) is 11.0 Å². The zero-order valence-corrected chi connectivity index (χ0v) is 15.4. The minimum Gasteiger partial charge on any atom is -0.497 e. The molecule has 6 nitrogen and oxygen atoms in total. The van der Waals surface area contributed by atoms with E-state index >= 15 is 0 Å². The van der Waals surface area contributed by atoms with Gasteiger partial charge in [-0.15, -0.1) is 0 Å². The first-order chi connectivity index (χ1) is 12.5. The molecule has 0 fully saturated rings. The molecule has 0 spiro atoms. The summed E-state index contributed by atoms with van der Waals surface area (Å²) in [4.78, 5) is 17.1. The van der Waals surface area contributed by atoms with E-state index in [1.54, 1.807) is 14.2 Å². The van der Waals surface area contributed by atoms with Gasteiger partial charge >= 0.3 is 0 Å². The molecule has 136 valence electrons.